The van der Waals surface area contributed by atoms with Crippen LogP contribution in [-0.4, -0.2) is 28.5 Å². The lowest BCUT2D eigenvalue weighted by molar-refractivity contribution is -0.132. The monoisotopic (exact) mass is 429 g/mol. The van der Waals surface area contributed by atoms with Gasteiger partial charge < -0.3 is 14.9 Å². The third kappa shape index (κ3) is 3.71. The Morgan fingerprint density at radius 1 is 1.00 bits per heavy atom. The molecule has 0 saturated carbocycles. The summed E-state index contributed by atoms with van der Waals surface area (Å²) in [6, 6.07) is 19.4. The number of rotatable bonds is 5. The number of ketones is 1. The Labute approximate surface area is 186 Å². The molecule has 3 aromatic rings. The number of Topliss-reactive ketones (excluding diaryl/α,β-unsaturated/α-hetero) is 1. The molecule has 6 nitrogen and oxygen atoms in total. The molecule has 1 aliphatic rings. The van der Waals surface area contributed by atoms with Gasteiger partial charge in [0, 0.05) is 11.3 Å². The standard InChI is InChI=1S/C26H23NO5/c1-3-32-20-13-11-17(12-14-20)24(29)22-23(18-8-6-9-19(28)15-18)27(26(31)25(22)30)21-10-5-4-7-16(21)2/h4-15,23,28-29H,3H2,1-2H3/b24-22-. The molecule has 1 unspecified atom stereocenters. The van der Waals surface area contributed by atoms with Crippen LogP contribution >= 0.6 is 0 Å². The number of aliphatic hydroxyl groups excluding tert-OH is 1. The van der Waals surface area contributed by atoms with Crippen molar-refractivity contribution in [2.24, 2.45) is 0 Å². The molecule has 0 bridgehead atoms. The molecule has 1 heterocycles. The molecule has 162 valence electrons. The molecular weight excluding hydrogens is 406 g/mol. The number of anilines is 1. The van der Waals surface area contributed by atoms with E-state index in [0.717, 1.165) is 5.56 Å². The number of carbonyl (C=O) groups excluding carboxylic acids is 2. The number of nitrogens with zero attached hydrogens (tertiary/aromatic N) is 1. The largest absolute Gasteiger partial charge is 0.508 e. The van der Waals surface area contributed by atoms with Crippen molar-refractivity contribution in [1.29, 1.82) is 0 Å². The van der Waals surface area contributed by atoms with Crippen molar-refractivity contribution in [3.05, 3.63) is 95.1 Å². The van der Waals surface area contributed by atoms with Crippen LogP contribution < -0.4 is 9.64 Å². The van der Waals surface area contributed by atoms with E-state index in [-0.39, 0.29) is 17.1 Å². The van der Waals surface area contributed by atoms with Crippen LogP contribution in [0.1, 0.15) is 29.7 Å². The smallest absolute Gasteiger partial charge is 0.300 e. The number of aliphatic hydroxyl groups is 1. The van der Waals surface area contributed by atoms with Crippen LogP contribution in [0, 0.1) is 6.92 Å². The van der Waals surface area contributed by atoms with Gasteiger partial charge in [0.2, 0.25) is 0 Å². The molecule has 0 radical (unpaired) electrons. The van der Waals surface area contributed by atoms with Crippen molar-refractivity contribution in [1.82, 2.24) is 0 Å². The van der Waals surface area contributed by atoms with Crippen molar-refractivity contribution in [2.45, 2.75) is 19.9 Å². The maximum atomic E-state index is 13.2. The normalized spacial score (nSPS) is 17.6. The van der Waals surface area contributed by atoms with Crippen molar-refractivity contribution in [3.8, 4) is 11.5 Å². The van der Waals surface area contributed by atoms with Gasteiger partial charge in [-0.2, -0.15) is 0 Å². The second-order valence-corrected chi connectivity index (χ2v) is 7.51. The van der Waals surface area contributed by atoms with Crippen molar-refractivity contribution < 1.29 is 24.5 Å². The molecule has 1 amide bonds. The molecule has 1 saturated heterocycles. The Balaban J connectivity index is 1.91. The van der Waals surface area contributed by atoms with Crippen molar-refractivity contribution >= 4 is 23.1 Å². The van der Waals surface area contributed by atoms with Gasteiger partial charge in [0.05, 0.1) is 18.2 Å². The molecule has 1 atom stereocenters. The Hall–Kier alpha value is -4.06. The minimum absolute atomic E-state index is 0.000983. The minimum Gasteiger partial charge on any atom is -0.508 e. The average Bonchev–Trinajstić information content (AvgIpc) is 3.05. The second-order valence-electron chi connectivity index (χ2n) is 7.51. The summed E-state index contributed by atoms with van der Waals surface area (Å²) in [5.41, 5.74) is 2.24. The summed E-state index contributed by atoms with van der Waals surface area (Å²) < 4.78 is 5.44. The highest BCUT2D eigenvalue weighted by Gasteiger charge is 2.47. The van der Waals surface area contributed by atoms with Crippen molar-refractivity contribution in [2.75, 3.05) is 11.5 Å². The fraction of sp³-hybridized carbons (Fsp3) is 0.154. The number of benzene rings is 3. The maximum absolute atomic E-state index is 13.2. The molecule has 0 aliphatic carbocycles. The minimum atomic E-state index is -0.894. The van der Waals surface area contributed by atoms with E-state index in [2.05, 4.69) is 0 Å². The molecule has 0 spiro atoms. The van der Waals surface area contributed by atoms with Crippen molar-refractivity contribution in [3.63, 3.8) is 0 Å². The van der Waals surface area contributed by atoms with E-state index in [1.165, 1.54) is 17.0 Å². The van der Waals surface area contributed by atoms with E-state index in [4.69, 9.17) is 4.74 Å². The molecule has 2 N–H and O–H groups in total. The zero-order valence-corrected chi connectivity index (χ0v) is 17.8. The van der Waals surface area contributed by atoms with Gasteiger partial charge in [-0.3, -0.25) is 14.5 Å². The molecular formula is C26H23NO5. The summed E-state index contributed by atoms with van der Waals surface area (Å²) in [6.45, 7) is 4.22. The van der Waals surface area contributed by atoms with Crippen LogP contribution in [0.4, 0.5) is 5.69 Å². The van der Waals surface area contributed by atoms with Gasteiger partial charge in [-0.1, -0.05) is 30.3 Å². The van der Waals surface area contributed by atoms with Crippen LogP contribution in [0.15, 0.2) is 78.4 Å². The lowest BCUT2D eigenvalue weighted by Gasteiger charge is -2.26. The van der Waals surface area contributed by atoms with Gasteiger partial charge in [0.25, 0.3) is 11.7 Å². The number of phenolic OH excluding ortho intramolecular Hbond substituents is 1. The van der Waals surface area contributed by atoms with Gasteiger partial charge >= 0.3 is 0 Å². The molecule has 3 aromatic carbocycles. The summed E-state index contributed by atoms with van der Waals surface area (Å²) in [6.07, 6.45) is 0. The Morgan fingerprint density at radius 3 is 2.38 bits per heavy atom. The summed E-state index contributed by atoms with van der Waals surface area (Å²) in [5.74, 6) is -1.17. The van der Waals surface area contributed by atoms with Gasteiger partial charge in [-0.15, -0.1) is 0 Å². The molecule has 6 heteroatoms. The zero-order valence-electron chi connectivity index (χ0n) is 17.8. The van der Waals surface area contributed by atoms with Gasteiger partial charge in [0.1, 0.15) is 17.3 Å². The van der Waals surface area contributed by atoms with Gasteiger partial charge in [0.15, 0.2) is 0 Å². The van der Waals surface area contributed by atoms with E-state index in [0.29, 0.717) is 29.2 Å². The number of amides is 1. The van der Waals surface area contributed by atoms with Gasteiger partial charge in [-0.05, 0) is 67.4 Å². The first-order chi connectivity index (χ1) is 15.4. The highest BCUT2D eigenvalue weighted by Crippen LogP contribution is 2.43. The number of para-hydroxylation sites is 1. The summed E-state index contributed by atoms with van der Waals surface area (Å²) in [4.78, 5) is 27.7. The van der Waals surface area contributed by atoms with E-state index >= 15 is 0 Å². The molecule has 0 aromatic heterocycles. The van der Waals surface area contributed by atoms with E-state index in [1.54, 1.807) is 48.5 Å². The fourth-order valence-corrected chi connectivity index (χ4v) is 3.96. The molecule has 1 fully saturated rings. The Kier molecular flexibility index (Phi) is 5.69. The zero-order chi connectivity index (χ0) is 22.8. The first-order valence-corrected chi connectivity index (χ1v) is 10.3. The third-order valence-corrected chi connectivity index (χ3v) is 5.44. The van der Waals surface area contributed by atoms with E-state index in [1.807, 2.05) is 26.0 Å². The predicted molar refractivity (Wildman–Crippen MR) is 122 cm³/mol. The quantitative estimate of drug-likeness (QED) is 0.348. The number of phenols is 1. The van der Waals surface area contributed by atoms with Crippen LogP contribution in [-0.2, 0) is 9.59 Å². The Morgan fingerprint density at radius 2 is 1.72 bits per heavy atom. The number of hydrogen-bond acceptors (Lipinski definition) is 5. The topological polar surface area (TPSA) is 87.1 Å². The Bertz CT molecular complexity index is 1210. The number of carbonyl (C=O) groups is 2. The van der Waals surface area contributed by atoms with E-state index in [9.17, 15) is 19.8 Å². The molecule has 4 rings (SSSR count). The first kappa shape index (κ1) is 21.2. The lowest BCUT2D eigenvalue weighted by atomic mass is 9.94. The second kappa shape index (κ2) is 8.59. The summed E-state index contributed by atoms with van der Waals surface area (Å²) in [7, 11) is 0. The highest BCUT2D eigenvalue weighted by molar-refractivity contribution is 6.51. The van der Waals surface area contributed by atoms with Crippen LogP contribution in [0.3, 0.4) is 0 Å². The SMILES string of the molecule is CCOc1ccc(/C(O)=C2/C(=O)C(=O)N(c3ccccc3C)C2c2cccc(O)c2)cc1. The van der Waals surface area contributed by atoms with Crippen LogP contribution in [0.2, 0.25) is 0 Å². The van der Waals surface area contributed by atoms with Crippen LogP contribution in [0.5, 0.6) is 11.5 Å². The van der Waals surface area contributed by atoms with E-state index < -0.39 is 17.7 Å². The third-order valence-electron chi connectivity index (χ3n) is 5.44. The highest BCUT2D eigenvalue weighted by atomic mass is 16.5. The number of hydrogen-bond donors (Lipinski definition) is 2. The van der Waals surface area contributed by atoms with Crippen LogP contribution in [0.25, 0.3) is 5.76 Å². The summed E-state index contributed by atoms with van der Waals surface area (Å²) >= 11 is 0. The number of aryl methyl sites for hydroxylation is 1. The first-order valence-electron chi connectivity index (χ1n) is 10.3. The molecule has 32 heavy (non-hydrogen) atoms. The molecule has 1 aliphatic heterocycles. The van der Waals surface area contributed by atoms with Gasteiger partial charge in [-0.25, -0.2) is 0 Å². The lowest BCUT2D eigenvalue weighted by Crippen LogP contribution is -2.30. The summed E-state index contributed by atoms with van der Waals surface area (Å²) in [5, 5.41) is 21.2. The number of ether oxygens (including phenoxy) is 1. The number of aromatic hydroxyl groups is 1. The fourth-order valence-electron chi connectivity index (χ4n) is 3.96. The predicted octanol–water partition coefficient (Wildman–Crippen LogP) is 4.73. The maximum Gasteiger partial charge on any atom is 0.300 e. The average molecular weight is 429 g/mol.